The van der Waals surface area contributed by atoms with Gasteiger partial charge in [0.15, 0.2) is 0 Å². The lowest BCUT2D eigenvalue weighted by Gasteiger charge is -2.40. The van der Waals surface area contributed by atoms with Gasteiger partial charge in [-0.2, -0.15) is 0 Å². The molecule has 1 N–H and O–H groups in total. The highest BCUT2D eigenvalue weighted by Gasteiger charge is 2.33. The van der Waals surface area contributed by atoms with E-state index in [1.807, 2.05) is 0 Å². The van der Waals surface area contributed by atoms with Crippen molar-refractivity contribution in [3.05, 3.63) is 0 Å². The van der Waals surface area contributed by atoms with Gasteiger partial charge in [-0.3, -0.25) is 0 Å². The summed E-state index contributed by atoms with van der Waals surface area (Å²) in [6.45, 7) is 6.00. The minimum atomic E-state index is -2.97. The van der Waals surface area contributed by atoms with Crippen LogP contribution in [0.15, 0.2) is 0 Å². The van der Waals surface area contributed by atoms with Crippen molar-refractivity contribution in [3.8, 4) is 0 Å². The molecule has 0 atom stereocenters. The predicted molar refractivity (Wildman–Crippen MR) is 65.2 cm³/mol. The molecule has 0 aliphatic carbocycles. The topological polar surface area (TPSA) is 57.6 Å². The van der Waals surface area contributed by atoms with Crippen LogP contribution in [0, 0.1) is 0 Å². The third-order valence-electron chi connectivity index (χ3n) is 3.40. The van der Waals surface area contributed by atoms with E-state index in [0.29, 0.717) is 25.3 Å². The second-order valence-corrected chi connectivity index (χ2v) is 7.49. The van der Waals surface area contributed by atoms with E-state index in [-0.39, 0.29) is 5.75 Å². The Bertz CT molecular complexity index is 316. The van der Waals surface area contributed by atoms with Crippen LogP contribution < -0.4 is 0 Å². The second kappa shape index (κ2) is 5.02. The third-order valence-corrected chi connectivity index (χ3v) is 4.34. The molecule has 0 spiro atoms. The zero-order chi connectivity index (χ0) is 12.4. The van der Waals surface area contributed by atoms with E-state index in [4.69, 9.17) is 0 Å². The molecule has 1 fully saturated rings. The normalized spacial score (nSPS) is 22.6. The van der Waals surface area contributed by atoms with Crippen LogP contribution in [0.1, 0.15) is 33.1 Å². The van der Waals surface area contributed by atoms with Gasteiger partial charge in [-0.15, -0.1) is 0 Å². The largest absolute Gasteiger partial charge is 0.390 e. The number of sulfone groups is 1. The van der Waals surface area contributed by atoms with E-state index in [2.05, 4.69) is 18.7 Å². The summed E-state index contributed by atoms with van der Waals surface area (Å²) in [7, 11) is -2.97. The van der Waals surface area contributed by atoms with Gasteiger partial charge in [0.1, 0.15) is 9.84 Å². The number of likely N-dealkylation sites (tertiary alicyclic amines) is 1. The molecule has 1 saturated heterocycles. The summed E-state index contributed by atoms with van der Waals surface area (Å²) in [6.07, 6.45) is 2.96. The average Bonchev–Trinajstić information content (AvgIpc) is 2.15. The molecule has 1 heterocycles. The Morgan fingerprint density at radius 1 is 1.31 bits per heavy atom. The molecular formula is C11H23NO3S. The maximum Gasteiger partial charge on any atom is 0.147 e. The number of piperidine rings is 1. The second-order valence-electron chi connectivity index (χ2n) is 5.23. The van der Waals surface area contributed by atoms with Gasteiger partial charge in [0.05, 0.1) is 11.4 Å². The van der Waals surface area contributed by atoms with Crippen molar-refractivity contribution in [1.82, 2.24) is 4.90 Å². The maximum absolute atomic E-state index is 11.1. The van der Waals surface area contributed by atoms with Crippen LogP contribution in [0.25, 0.3) is 0 Å². The first kappa shape index (κ1) is 13.9. The zero-order valence-electron chi connectivity index (χ0n) is 10.4. The Kier molecular flexibility index (Phi) is 4.37. The summed E-state index contributed by atoms with van der Waals surface area (Å²) in [5.41, 5.74) is -0.769. The summed E-state index contributed by atoms with van der Waals surface area (Å²) >= 11 is 0. The lowest BCUT2D eigenvalue weighted by atomic mass is 9.88. The fourth-order valence-electron chi connectivity index (χ4n) is 2.08. The molecule has 0 bridgehead atoms. The van der Waals surface area contributed by atoms with Crippen LogP contribution in [0.2, 0.25) is 0 Å². The molecule has 4 nitrogen and oxygen atoms in total. The van der Waals surface area contributed by atoms with Crippen molar-refractivity contribution in [2.45, 2.75) is 44.8 Å². The van der Waals surface area contributed by atoms with Gasteiger partial charge in [-0.25, -0.2) is 8.42 Å². The SMILES string of the molecule is CC(C)N1CCC(O)(CCS(C)(=O)=O)CC1. The molecule has 0 aromatic rings. The lowest BCUT2D eigenvalue weighted by Crippen LogP contribution is -2.47. The third kappa shape index (κ3) is 4.39. The Morgan fingerprint density at radius 3 is 2.19 bits per heavy atom. The molecule has 1 rings (SSSR count). The Morgan fingerprint density at radius 2 is 1.81 bits per heavy atom. The molecule has 0 amide bonds. The van der Waals surface area contributed by atoms with Crippen LogP contribution in [0.5, 0.6) is 0 Å². The Balaban J connectivity index is 2.44. The maximum atomic E-state index is 11.1. The fourth-order valence-corrected chi connectivity index (χ4v) is 2.83. The van der Waals surface area contributed by atoms with E-state index in [9.17, 15) is 13.5 Å². The monoisotopic (exact) mass is 249 g/mol. The van der Waals surface area contributed by atoms with Gasteiger partial charge in [-0.1, -0.05) is 0 Å². The molecule has 0 radical (unpaired) electrons. The first-order chi connectivity index (χ1) is 7.22. The molecule has 16 heavy (non-hydrogen) atoms. The van der Waals surface area contributed by atoms with Crippen molar-refractivity contribution in [3.63, 3.8) is 0 Å². The van der Waals surface area contributed by atoms with Crippen LogP contribution in [0.3, 0.4) is 0 Å². The van der Waals surface area contributed by atoms with E-state index >= 15 is 0 Å². The quantitative estimate of drug-likeness (QED) is 0.795. The number of hydrogen-bond acceptors (Lipinski definition) is 4. The van der Waals surface area contributed by atoms with Crippen molar-refractivity contribution in [2.75, 3.05) is 25.1 Å². The molecule has 96 valence electrons. The van der Waals surface area contributed by atoms with E-state index in [1.54, 1.807) is 0 Å². The number of rotatable bonds is 4. The van der Waals surface area contributed by atoms with Crippen LogP contribution in [-0.4, -0.2) is 55.2 Å². The van der Waals surface area contributed by atoms with E-state index in [0.717, 1.165) is 13.1 Å². The molecule has 0 unspecified atom stereocenters. The van der Waals surface area contributed by atoms with Crippen LogP contribution in [0.4, 0.5) is 0 Å². The van der Waals surface area contributed by atoms with Gasteiger partial charge in [0, 0.05) is 25.4 Å². The summed E-state index contributed by atoms with van der Waals surface area (Å²) in [4.78, 5) is 2.31. The van der Waals surface area contributed by atoms with Crippen LogP contribution in [-0.2, 0) is 9.84 Å². The summed E-state index contributed by atoms with van der Waals surface area (Å²) in [5, 5.41) is 10.2. The van der Waals surface area contributed by atoms with Gasteiger partial charge >= 0.3 is 0 Å². The molecule has 0 saturated carbocycles. The van der Waals surface area contributed by atoms with Crippen molar-refractivity contribution < 1.29 is 13.5 Å². The van der Waals surface area contributed by atoms with Crippen molar-refractivity contribution in [2.24, 2.45) is 0 Å². The van der Waals surface area contributed by atoms with Crippen LogP contribution >= 0.6 is 0 Å². The molecule has 0 aromatic carbocycles. The minimum Gasteiger partial charge on any atom is -0.390 e. The smallest absolute Gasteiger partial charge is 0.147 e. The Labute approximate surface area is 98.6 Å². The number of aliphatic hydroxyl groups is 1. The standard InChI is InChI=1S/C11H23NO3S/c1-10(2)12-7-4-11(13,5-8-12)6-9-16(3,14)15/h10,13H,4-9H2,1-3H3. The highest BCUT2D eigenvalue weighted by atomic mass is 32.2. The predicted octanol–water partition coefficient (Wildman–Crippen LogP) is 0.656. The fraction of sp³-hybridized carbons (Fsp3) is 1.00. The van der Waals surface area contributed by atoms with Crippen molar-refractivity contribution in [1.29, 1.82) is 0 Å². The van der Waals surface area contributed by atoms with E-state index in [1.165, 1.54) is 6.26 Å². The summed E-state index contributed by atoms with van der Waals surface area (Å²) < 4.78 is 22.1. The zero-order valence-corrected chi connectivity index (χ0v) is 11.3. The van der Waals surface area contributed by atoms with Gasteiger partial charge in [0.25, 0.3) is 0 Å². The number of hydrogen-bond donors (Lipinski definition) is 1. The first-order valence-corrected chi connectivity index (χ1v) is 7.92. The first-order valence-electron chi connectivity index (χ1n) is 5.86. The van der Waals surface area contributed by atoms with Gasteiger partial charge < -0.3 is 10.0 Å². The molecule has 1 aliphatic heterocycles. The van der Waals surface area contributed by atoms with Gasteiger partial charge in [-0.05, 0) is 33.1 Å². The number of nitrogens with zero attached hydrogens (tertiary/aromatic N) is 1. The molecular weight excluding hydrogens is 226 g/mol. The minimum absolute atomic E-state index is 0.0885. The highest BCUT2D eigenvalue weighted by molar-refractivity contribution is 7.90. The van der Waals surface area contributed by atoms with E-state index < -0.39 is 15.4 Å². The van der Waals surface area contributed by atoms with Gasteiger partial charge in [0.2, 0.25) is 0 Å². The lowest BCUT2D eigenvalue weighted by molar-refractivity contribution is -0.0296. The summed E-state index contributed by atoms with van der Waals surface area (Å²) in [5.74, 6) is 0.0885. The molecule has 1 aliphatic rings. The molecule has 5 heteroatoms. The molecule has 0 aromatic heterocycles. The Hall–Kier alpha value is -0.130. The highest BCUT2D eigenvalue weighted by Crippen LogP contribution is 2.26. The average molecular weight is 249 g/mol. The van der Waals surface area contributed by atoms with Crippen molar-refractivity contribution >= 4 is 9.84 Å². The summed E-state index contributed by atoms with van der Waals surface area (Å²) in [6, 6.07) is 0.499.